The highest BCUT2D eigenvalue weighted by molar-refractivity contribution is 5.63. The number of benzene rings is 2. The lowest BCUT2D eigenvalue weighted by atomic mass is 10.1. The highest BCUT2D eigenvalue weighted by atomic mass is 15.5. The third-order valence-electron chi connectivity index (χ3n) is 4.03. The predicted molar refractivity (Wildman–Crippen MR) is 97.3 cm³/mol. The Kier molecular flexibility index (Phi) is 3.82. The van der Waals surface area contributed by atoms with Crippen molar-refractivity contribution in [2.45, 2.75) is 13.8 Å². The molecular formula is C20H17N5. The highest BCUT2D eigenvalue weighted by Crippen LogP contribution is 2.22. The summed E-state index contributed by atoms with van der Waals surface area (Å²) >= 11 is 0. The van der Waals surface area contributed by atoms with Crippen LogP contribution in [0, 0.1) is 13.8 Å². The minimum atomic E-state index is 0.520. The van der Waals surface area contributed by atoms with Gasteiger partial charge in [-0.05, 0) is 25.5 Å². The van der Waals surface area contributed by atoms with Crippen molar-refractivity contribution in [3.05, 3.63) is 78.1 Å². The summed E-state index contributed by atoms with van der Waals surface area (Å²) in [6, 6.07) is 20.1. The third-order valence-corrected chi connectivity index (χ3v) is 4.03. The van der Waals surface area contributed by atoms with Gasteiger partial charge in [0.15, 0.2) is 0 Å². The molecular weight excluding hydrogens is 310 g/mol. The first-order chi connectivity index (χ1) is 12.2. The van der Waals surface area contributed by atoms with Crippen molar-refractivity contribution in [1.29, 1.82) is 0 Å². The van der Waals surface area contributed by atoms with Crippen LogP contribution in [-0.4, -0.2) is 25.0 Å². The van der Waals surface area contributed by atoms with Crippen LogP contribution in [0.1, 0.15) is 11.3 Å². The van der Waals surface area contributed by atoms with E-state index in [1.54, 1.807) is 4.68 Å². The lowest BCUT2D eigenvalue weighted by Gasteiger charge is -2.05. The molecule has 0 aliphatic heterocycles. The Labute approximate surface area is 146 Å². The average molecular weight is 327 g/mol. The fraction of sp³-hybridized carbons (Fsp3) is 0.100. The van der Waals surface area contributed by atoms with Crippen molar-refractivity contribution < 1.29 is 0 Å². The Morgan fingerprint density at radius 3 is 2.36 bits per heavy atom. The van der Waals surface area contributed by atoms with Gasteiger partial charge in [-0.25, -0.2) is 9.97 Å². The van der Waals surface area contributed by atoms with Crippen LogP contribution < -0.4 is 0 Å². The van der Waals surface area contributed by atoms with Gasteiger partial charge in [0.2, 0.25) is 0 Å². The van der Waals surface area contributed by atoms with Crippen LogP contribution in [0.25, 0.3) is 28.5 Å². The number of aryl methyl sites for hydroxylation is 2. The van der Waals surface area contributed by atoms with Crippen LogP contribution in [0.3, 0.4) is 0 Å². The van der Waals surface area contributed by atoms with E-state index in [1.807, 2.05) is 67.7 Å². The molecule has 0 saturated carbocycles. The molecule has 5 nitrogen and oxygen atoms in total. The second-order valence-electron chi connectivity index (χ2n) is 5.92. The molecule has 25 heavy (non-hydrogen) atoms. The van der Waals surface area contributed by atoms with E-state index in [0.29, 0.717) is 5.95 Å². The summed E-state index contributed by atoms with van der Waals surface area (Å²) in [7, 11) is 0. The highest BCUT2D eigenvalue weighted by Gasteiger charge is 2.11. The monoisotopic (exact) mass is 327 g/mol. The molecule has 0 saturated heterocycles. The van der Waals surface area contributed by atoms with Crippen molar-refractivity contribution in [2.24, 2.45) is 0 Å². The quantitative estimate of drug-likeness (QED) is 0.570. The first-order valence-electron chi connectivity index (χ1n) is 8.10. The fourth-order valence-corrected chi connectivity index (χ4v) is 2.76. The van der Waals surface area contributed by atoms with Gasteiger partial charge in [-0.2, -0.15) is 4.68 Å². The summed E-state index contributed by atoms with van der Waals surface area (Å²) in [5.41, 5.74) is 5.83. The van der Waals surface area contributed by atoms with E-state index in [0.717, 1.165) is 33.8 Å². The second kappa shape index (κ2) is 6.28. The maximum atomic E-state index is 4.65. The molecule has 122 valence electrons. The first kappa shape index (κ1) is 15.2. The molecule has 2 aromatic heterocycles. The molecule has 0 radical (unpaired) electrons. The Morgan fingerprint density at radius 1 is 0.800 bits per heavy atom. The molecule has 0 aliphatic rings. The van der Waals surface area contributed by atoms with E-state index >= 15 is 0 Å². The van der Waals surface area contributed by atoms with Gasteiger partial charge in [-0.3, -0.25) is 0 Å². The lowest BCUT2D eigenvalue weighted by molar-refractivity contribution is 0.752. The second-order valence-corrected chi connectivity index (χ2v) is 5.92. The zero-order chi connectivity index (χ0) is 17.2. The Morgan fingerprint density at radius 2 is 1.56 bits per heavy atom. The van der Waals surface area contributed by atoms with Gasteiger partial charge >= 0.3 is 0 Å². The van der Waals surface area contributed by atoms with Crippen LogP contribution in [-0.2, 0) is 0 Å². The van der Waals surface area contributed by atoms with Crippen LogP contribution in [0.15, 0.2) is 66.9 Å². The van der Waals surface area contributed by atoms with Gasteiger partial charge < -0.3 is 0 Å². The van der Waals surface area contributed by atoms with Crippen LogP contribution in [0.4, 0.5) is 0 Å². The third kappa shape index (κ3) is 3.04. The maximum Gasteiger partial charge on any atom is 0.252 e. The van der Waals surface area contributed by atoms with E-state index < -0.39 is 0 Å². The van der Waals surface area contributed by atoms with Crippen molar-refractivity contribution in [2.75, 3.05) is 0 Å². The van der Waals surface area contributed by atoms with E-state index in [2.05, 4.69) is 33.3 Å². The molecule has 4 aromatic rings. The van der Waals surface area contributed by atoms with Gasteiger partial charge in [0.05, 0.1) is 11.9 Å². The molecule has 0 spiro atoms. The summed E-state index contributed by atoms with van der Waals surface area (Å²) < 4.78 is 1.63. The van der Waals surface area contributed by atoms with Gasteiger partial charge in [0.1, 0.15) is 5.69 Å². The number of hydrogen-bond donors (Lipinski definition) is 0. The van der Waals surface area contributed by atoms with E-state index in [4.69, 9.17) is 0 Å². The first-order valence-corrected chi connectivity index (χ1v) is 8.10. The summed E-state index contributed by atoms with van der Waals surface area (Å²) in [4.78, 5) is 9.16. The SMILES string of the molecule is Cc1cc(-c2ccccc2)nc(-n2cc(-c3ccccc3C)nn2)n1. The fourth-order valence-electron chi connectivity index (χ4n) is 2.76. The molecule has 0 N–H and O–H groups in total. The van der Waals surface area contributed by atoms with Gasteiger partial charge in [0, 0.05) is 16.8 Å². The van der Waals surface area contributed by atoms with Crippen LogP contribution in [0.5, 0.6) is 0 Å². The molecule has 0 fully saturated rings. The number of aromatic nitrogens is 5. The number of nitrogens with zero attached hydrogens (tertiary/aromatic N) is 5. The maximum absolute atomic E-state index is 4.65. The predicted octanol–water partition coefficient (Wildman–Crippen LogP) is 4.01. The minimum Gasteiger partial charge on any atom is -0.216 e. The molecule has 2 heterocycles. The topological polar surface area (TPSA) is 56.5 Å². The molecule has 0 amide bonds. The van der Waals surface area contributed by atoms with Crippen molar-refractivity contribution in [3.8, 4) is 28.5 Å². The van der Waals surface area contributed by atoms with Gasteiger partial charge in [-0.1, -0.05) is 59.8 Å². The standard InChI is InChI=1S/C20H17N5/c1-14-8-6-7-11-17(14)19-13-25(24-23-19)20-21-15(2)12-18(22-20)16-9-4-3-5-10-16/h3-13H,1-2H3. The van der Waals surface area contributed by atoms with Crippen molar-refractivity contribution in [3.63, 3.8) is 0 Å². The molecule has 4 rings (SSSR count). The number of rotatable bonds is 3. The summed E-state index contributed by atoms with van der Waals surface area (Å²) in [6.07, 6.45) is 1.87. The Hall–Kier alpha value is -3.34. The molecule has 0 unspecified atom stereocenters. The average Bonchev–Trinajstić information content (AvgIpc) is 3.12. The van der Waals surface area contributed by atoms with Gasteiger partial charge in [-0.15, -0.1) is 5.10 Å². The minimum absolute atomic E-state index is 0.520. The zero-order valence-electron chi connectivity index (χ0n) is 14.1. The van der Waals surface area contributed by atoms with Crippen LogP contribution in [0.2, 0.25) is 0 Å². The van der Waals surface area contributed by atoms with Crippen molar-refractivity contribution in [1.82, 2.24) is 25.0 Å². The smallest absolute Gasteiger partial charge is 0.216 e. The summed E-state index contributed by atoms with van der Waals surface area (Å²) in [5.74, 6) is 0.520. The van der Waals surface area contributed by atoms with Crippen molar-refractivity contribution >= 4 is 0 Å². The van der Waals surface area contributed by atoms with E-state index in [9.17, 15) is 0 Å². The molecule has 2 aromatic carbocycles. The Balaban J connectivity index is 1.76. The van der Waals surface area contributed by atoms with E-state index in [-0.39, 0.29) is 0 Å². The molecule has 0 bridgehead atoms. The van der Waals surface area contributed by atoms with Crippen LogP contribution >= 0.6 is 0 Å². The Bertz CT molecular complexity index is 1020. The summed E-state index contributed by atoms with van der Waals surface area (Å²) in [6.45, 7) is 4.02. The van der Waals surface area contributed by atoms with Gasteiger partial charge in [0.25, 0.3) is 5.95 Å². The van der Waals surface area contributed by atoms with E-state index in [1.165, 1.54) is 0 Å². The molecule has 5 heteroatoms. The summed E-state index contributed by atoms with van der Waals surface area (Å²) in [5, 5.41) is 8.51. The largest absolute Gasteiger partial charge is 0.252 e. The normalized spacial score (nSPS) is 10.8. The lowest BCUT2D eigenvalue weighted by Crippen LogP contribution is -2.04. The molecule has 0 atom stereocenters. The molecule has 0 aliphatic carbocycles. The zero-order valence-corrected chi connectivity index (χ0v) is 14.1. The number of hydrogen-bond acceptors (Lipinski definition) is 4.